The zero-order valence-corrected chi connectivity index (χ0v) is 18.2. The molecule has 3 rings (SSSR count). The minimum absolute atomic E-state index is 0.138. The van der Waals surface area contributed by atoms with Crippen LogP contribution in [0.25, 0.3) is 0 Å². The Bertz CT molecular complexity index is 794. The Balaban J connectivity index is 1.63. The van der Waals surface area contributed by atoms with E-state index in [1.165, 1.54) is 0 Å². The van der Waals surface area contributed by atoms with E-state index in [4.69, 9.17) is 21.1 Å². The lowest BCUT2D eigenvalue weighted by Crippen LogP contribution is -2.55. The molecule has 0 bridgehead atoms. The maximum absolute atomic E-state index is 10.4. The van der Waals surface area contributed by atoms with Crippen molar-refractivity contribution in [2.45, 2.75) is 75.3 Å². The van der Waals surface area contributed by atoms with Crippen LogP contribution in [0.2, 0.25) is 5.02 Å². The molecule has 7 nitrogen and oxygen atoms in total. The second-order valence-electron chi connectivity index (χ2n) is 8.03. The molecule has 2 fully saturated rings. The minimum atomic E-state index is -1.42. The van der Waals surface area contributed by atoms with E-state index >= 15 is 0 Å². The standard InChI is InChI=1S/C23H31ClO7/c1-2-15(30-18-10-9-17(18)26)6-4-3-5-13-11-14(7-8-16(13)24)23-22(29)21(28)20(27)19(12-25)31-23/h2,4,6-8,11,17-23,25-29H,3,5,9-10,12H2,1H3/b6-4-,15-2+/t17?,18?,19-,20-,21+,22-,23+/m1/s1. The molecule has 0 radical (unpaired) electrons. The number of hydrogen-bond acceptors (Lipinski definition) is 7. The average molecular weight is 455 g/mol. The minimum Gasteiger partial charge on any atom is -0.488 e. The third kappa shape index (κ3) is 5.68. The summed E-state index contributed by atoms with van der Waals surface area (Å²) in [6.07, 6.45) is 2.11. The molecule has 2 aliphatic rings. The van der Waals surface area contributed by atoms with E-state index < -0.39 is 43.2 Å². The summed E-state index contributed by atoms with van der Waals surface area (Å²) in [7, 11) is 0. The number of aryl methyl sites for hydroxylation is 1. The normalized spacial score (nSPS) is 34.0. The average Bonchev–Trinajstić information content (AvgIpc) is 2.77. The Labute approximate surface area is 187 Å². The SMILES string of the molecule is C/C=C(\C=C/CCc1cc([C@@H]2O[C@H](CO)[C@@H](O)[C@H](O)[C@H]2O)ccc1Cl)OC1CCC1O. The largest absolute Gasteiger partial charge is 0.488 e. The maximum atomic E-state index is 10.4. The molecule has 1 aromatic rings. The molecule has 0 amide bonds. The fourth-order valence-corrected chi connectivity index (χ4v) is 3.96. The van der Waals surface area contributed by atoms with Crippen LogP contribution < -0.4 is 0 Å². The summed E-state index contributed by atoms with van der Waals surface area (Å²) in [5.41, 5.74) is 1.45. The molecular formula is C23H31ClO7. The van der Waals surface area contributed by atoms with Crippen molar-refractivity contribution in [3.8, 4) is 0 Å². The first-order chi connectivity index (χ1) is 14.8. The van der Waals surface area contributed by atoms with Gasteiger partial charge in [-0.3, -0.25) is 0 Å². The van der Waals surface area contributed by atoms with Crippen molar-refractivity contribution in [1.82, 2.24) is 0 Å². The van der Waals surface area contributed by atoms with Crippen LogP contribution in [0.4, 0.5) is 0 Å². The third-order valence-electron chi connectivity index (χ3n) is 5.90. The summed E-state index contributed by atoms with van der Waals surface area (Å²) in [4.78, 5) is 0. The third-order valence-corrected chi connectivity index (χ3v) is 6.27. The predicted octanol–water partition coefficient (Wildman–Crippen LogP) is 1.79. The molecule has 1 aliphatic heterocycles. The smallest absolute Gasteiger partial charge is 0.125 e. The quantitative estimate of drug-likeness (QED) is 0.300. The van der Waals surface area contributed by atoms with Gasteiger partial charge in [-0.2, -0.15) is 0 Å². The lowest BCUT2D eigenvalue weighted by atomic mass is 9.90. The van der Waals surface area contributed by atoms with Crippen molar-refractivity contribution >= 4 is 11.6 Å². The van der Waals surface area contributed by atoms with Crippen molar-refractivity contribution in [3.05, 3.63) is 58.3 Å². The Morgan fingerprint density at radius 3 is 2.55 bits per heavy atom. The first-order valence-electron chi connectivity index (χ1n) is 10.6. The molecule has 7 atom stereocenters. The molecule has 1 saturated carbocycles. The van der Waals surface area contributed by atoms with Gasteiger partial charge in [0.05, 0.1) is 12.7 Å². The topological polar surface area (TPSA) is 120 Å². The Morgan fingerprint density at radius 2 is 1.94 bits per heavy atom. The van der Waals surface area contributed by atoms with Gasteiger partial charge in [-0.15, -0.1) is 0 Å². The van der Waals surface area contributed by atoms with E-state index in [1.807, 2.05) is 25.2 Å². The molecule has 0 spiro atoms. The number of hydrogen-bond donors (Lipinski definition) is 5. The molecule has 1 aliphatic carbocycles. The van der Waals surface area contributed by atoms with Crippen LogP contribution in [-0.4, -0.2) is 68.8 Å². The number of aliphatic hydroxyl groups is 5. The highest BCUT2D eigenvalue weighted by atomic mass is 35.5. The van der Waals surface area contributed by atoms with Crippen LogP contribution in [0.3, 0.4) is 0 Å². The predicted molar refractivity (Wildman–Crippen MR) is 116 cm³/mol. The summed E-state index contributed by atoms with van der Waals surface area (Å²) in [6, 6.07) is 5.21. The fourth-order valence-electron chi connectivity index (χ4n) is 3.75. The van der Waals surface area contributed by atoms with E-state index in [1.54, 1.807) is 18.2 Å². The molecule has 8 heteroatoms. The van der Waals surface area contributed by atoms with Crippen LogP contribution in [0, 0.1) is 0 Å². The zero-order chi connectivity index (χ0) is 22.5. The summed E-state index contributed by atoms with van der Waals surface area (Å²) < 4.78 is 11.4. The number of rotatable bonds is 8. The summed E-state index contributed by atoms with van der Waals surface area (Å²) in [5, 5.41) is 50.0. The van der Waals surface area contributed by atoms with Gasteiger partial charge in [0.2, 0.25) is 0 Å². The molecule has 1 saturated heterocycles. The number of benzene rings is 1. The number of ether oxygens (including phenoxy) is 2. The second kappa shape index (κ2) is 10.9. The van der Waals surface area contributed by atoms with Crippen LogP contribution in [0.15, 0.2) is 42.2 Å². The summed E-state index contributed by atoms with van der Waals surface area (Å²) in [6.45, 7) is 1.41. The van der Waals surface area contributed by atoms with Gasteiger partial charge in [0.1, 0.15) is 42.4 Å². The maximum Gasteiger partial charge on any atom is 0.125 e. The zero-order valence-electron chi connectivity index (χ0n) is 17.5. The van der Waals surface area contributed by atoms with Gasteiger partial charge < -0.3 is 35.0 Å². The van der Waals surface area contributed by atoms with Crippen molar-refractivity contribution in [2.24, 2.45) is 0 Å². The van der Waals surface area contributed by atoms with E-state index in [-0.39, 0.29) is 6.10 Å². The van der Waals surface area contributed by atoms with E-state index in [9.17, 15) is 25.5 Å². The first kappa shape index (κ1) is 24.2. The van der Waals surface area contributed by atoms with Gasteiger partial charge in [0.15, 0.2) is 0 Å². The summed E-state index contributed by atoms with van der Waals surface area (Å²) in [5.74, 6) is 0.713. The van der Waals surface area contributed by atoms with Gasteiger partial charge in [-0.1, -0.05) is 29.8 Å². The molecule has 5 N–H and O–H groups in total. The lowest BCUT2D eigenvalue weighted by molar-refractivity contribution is -0.231. The van der Waals surface area contributed by atoms with E-state index in [0.29, 0.717) is 29.2 Å². The molecule has 1 aromatic carbocycles. The monoisotopic (exact) mass is 454 g/mol. The Morgan fingerprint density at radius 1 is 1.16 bits per heavy atom. The van der Waals surface area contributed by atoms with Gasteiger partial charge in [-0.05, 0) is 62.0 Å². The highest BCUT2D eigenvalue weighted by Crippen LogP contribution is 2.34. The molecular weight excluding hydrogens is 424 g/mol. The molecule has 1 heterocycles. The highest BCUT2D eigenvalue weighted by molar-refractivity contribution is 6.31. The summed E-state index contributed by atoms with van der Waals surface area (Å²) >= 11 is 6.34. The van der Waals surface area contributed by atoms with Crippen molar-refractivity contribution < 1.29 is 35.0 Å². The van der Waals surface area contributed by atoms with Crippen LogP contribution in [-0.2, 0) is 15.9 Å². The van der Waals surface area contributed by atoms with Gasteiger partial charge in [-0.25, -0.2) is 0 Å². The van der Waals surface area contributed by atoms with Gasteiger partial charge >= 0.3 is 0 Å². The number of allylic oxidation sites excluding steroid dienone is 3. The van der Waals surface area contributed by atoms with E-state index in [0.717, 1.165) is 18.4 Å². The number of halogens is 1. The fraction of sp³-hybridized carbons (Fsp3) is 0.565. The highest BCUT2D eigenvalue weighted by Gasteiger charge is 2.44. The Kier molecular flexibility index (Phi) is 8.52. The molecule has 0 aromatic heterocycles. The molecule has 172 valence electrons. The van der Waals surface area contributed by atoms with Crippen molar-refractivity contribution in [3.63, 3.8) is 0 Å². The van der Waals surface area contributed by atoms with Crippen molar-refractivity contribution in [2.75, 3.05) is 6.61 Å². The first-order valence-corrected chi connectivity index (χ1v) is 11.0. The van der Waals surface area contributed by atoms with Crippen LogP contribution >= 0.6 is 11.6 Å². The number of aliphatic hydroxyl groups excluding tert-OH is 5. The molecule has 2 unspecified atom stereocenters. The van der Waals surface area contributed by atoms with Gasteiger partial charge in [0.25, 0.3) is 0 Å². The van der Waals surface area contributed by atoms with Crippen molar-refractivity contribution in [1.29, 1.82) is 0 Å². The molecule has 31 heavy (non-hydrogen) atoms. The van der Waals surface area contributed by atoms with Gasteiger partial charge in [0, 0.05) is 5.02 Å². The lowest BCUT2D eigenvalue weighted by Gasteiger charge is -2.40. The second-order valence-corrected chi connectivity index (χ2v) is 8.44. The van der Waals surface area contributed by atoms with Crippen LogP contribution in [0.5, 0.6) is 0 Å². The van der Waals surface area contributed by atoms with Crippen LogP contribution in [0.1, 0.15) is 43.4 Å². The van der Waals surface area contributed by atoms with E-state index in [2.05, 4.69) is 0 Å². The Hall–Kier alpha value is -1.45.